The predicted octanol–water partition coefficient (Wildman–Crippen LogP) is 3.34. The molecule has 1 spiro atoms. The molecule has 1 aromatic heterocycles. The topological polar surface area (TPSA) is 88.3 Å². The second-order valence-electron chi connectivity index (χ2n) is 7.24. The summed E-state index contributed by atoms with van der Waals surface area (Å²) >= 11 is 1.11. The highest BCUT2D eigenvalue weighted by atomic mass is 32.1. The lowest BCUT2D eigenvalue weighted by atomic mass is 9.72. The van der Waals surface area contributed by atoms with Gasteiger partial charge in [0, 0.05) is 12.2 Å². The number of para-hydroxylation sites is 1. The smallest absolute Gasteiger partial charge is 0.266 e. The number of rotatable bonds is 2. The molecule has 3 N–H and O–H groups in total. The molecule has 29 heavy (non-hydrogen) atoms. The van der Waals surface area contributed by atoms with E-state index < -0.39 is 11.5 Å². The predicted molar refractivity (Wildman–Crippen MR) is 108 cm³/mol. The van der Waals surface area contributed by atoms with Crippen molar-refractivity contribution in [2.24, 2.45) is 0 Å². The minimum atomic E-state index is -0.930. The van der Waals surface area contributed by atoms with Crippen LogP contribution in [0.5, 0.6) is 0 Å². The minimum absolute atomic E-state index is 0.146. The molecule has 3 aromatic rings. The molecule has 3 heterocycles. The fourth-order valence-electron chi connectivity index (χ4n) is 4.54. The molecule has 1 fully saturated rings. The number of carbonyl (C=O) groups is 2. The van der Waals surface area contributed by atoms with Crippen LogP contribution in [-0.4, -0.2) is 28.2 Å². The number of hydrogen-bond acceptors (Lipinski definition) is 5. The highest BCUT2D eigenvalue weighted by Gasteiger charge is 2.59. The van der Waals surface area contributed by atoms with E-state index in [1.807, 2.05) is 24.3 Å². The van der Waals surface area contributed by atoms with E-state index in [1.165, 1.54) is 18.3 Å². The number of hydrogen-bond donors (Lipinski definition) is 2. The number of nitrogen functional groups attached to an aromatic ring is 1. The van der Waals surface area contributed by atoms with Gasteiger partial charge < -0.3 is 16.0 Å². The Morgan fingerprint density at radius 3 is 2.72 bits per heavy atom. The maximum atomic E-state index is 13.6. The largest absolute Gasteiger partial charge is 0.375 e. The Kier molecular flexibility index (Phi) is 3.92. The molecular formula is C21H17FN4O2S. The first-order chi connectivity index (χ1) is 14.0. The van der Waals surface area contributed by atoms with E-state index in [1.54, 1.807) is 17.0 Å². The fraction of sp³-hybridized carbons (Fsp3) is 0.190. The van der Waals surface area contributed by atoms with Gasteiger partial charge in [-0.1, -0.05) is 41.7 Å². The number of carbonyl (C=O) groups excluding carboxylic acids is 2. The van der Waals surface area contributed by atoms with E-state index in [4.69, 9.17) is 5.73 Å². The summed E-state index contributed by atoms with van der Waals surface area (Å²) < 4.78 is 13.6. The summed E-state index contributed by atoms with van der Waals surface area (Å²) in [4.78, 5) is 32.6. The Hall–Kier alpha value is -3.26. The van der Waals surface area contributed by atoms with Crippen molar-refractivity contribution in [3.63, 3.8) is 0 Å². The van der Waals surface area contributed by atoms with Crippen molar-refractivity contribution in [2.45, 2.75) is 17.9 Å². The molecule has 0 unspecified atom stereocenters. The second kappa shape index (κ2) is 6.38. The van der Waals surface area contributed by atoms with E-state index in [9.17, 15) is 14.0 Å². The first-order valence-electron chi connectivity index (χ1n) is 9.19. The van der Waals surface area contributed by atoms with Crippen molar-refractivity contribution in [1.29, 1.82) is 0 Å². The van der Waals surface area contributed by atoms with Crippen molar-refractivity contribution in [2.75, 3.05) is 17.6 Å². The molecule has 2 atom stereocenters. The van der Waals surface area contributed by atoms with Crippen molar-refractivity contribution in [3.05, 3.63) is 76.5 Å². The third-order valence-electron chi connectivity index (χ3n) is 5.77. The Morgan fingerprint density at radius 2 is 2.00 bits per heavy atom. The summed E-state index contributed by atoms with van der Waals surface area (Å²) in [5.41, 5.74) is 7.10. The fourth-order valence-corrected chi connectivity index (χ4v) is 5.18. The molecular weight excluding hydrogens is 391 g/mol. The Bertz CT molecular complexity index is 1130. The van der Waals surface area contributed by atoms with Gasteiger partial charge in [0.2, 0.25) is 5.91 Å². The maximum absolute atomic E-state index is 13.6. The highest BCUT2D eigenvalue weighted by Crippen LogP contribution is 2.55. The van der Waals surface area contributed by atoms with E-state index >= 15 is 0 Å². The van der Waals surface area contributed by atoms with Gasteiger partial charge >= 0.3 is 0 Å². The second-order valence-corrected chi connectivity index (χ2v) is 8.30. The van der Waals surface area contributed by atoms with Crippen LogP contribution in [0.1, 0.15) is 33.3 Å². The molecule has 0 saturated carbocycles. The van der Waals surface area contributed by atoms with Crippen LogP contribution in [-0.2, 0) is 10.2 Å². The van der Waals surface area contributed by atoms with E-state index in [0.29, 0.717) is 28.5 Å². The van der Waals surface area contributed by atoms with Crippen molar-refractivity contribution >= 4 is 34.0 Å². The Morgan fingerprint density at radius 1 is 1.24 bits per heavy atom. The van der Waals surface area contributed by atoms with E-state index in [-0.39, 0.29) is 17.6 Å². The molecule has 146 valence electrons. The number of nitrogens with zero attached hydrogens (tertiary/aromatic N) is 2. The standard InChI is InChI=1S/C21H17FN4O2S/c22-13-7-5-12(6-8-13)17-21(14-3-1-2-4-15(14)25-19(21)28)9-10-26(17)18(27)16-11-24-20(23)29-16/h1-8,11,17H,9-10H2,(H2,23,24)(H,25,28)/t17-,21+/m0/s1. The van der Waals surface area contributed by atoms with E-state index in [2.05, 4.69) is 10.3 Å². The van der Waals surface area contributed by atoms with E-state index in [0.717, 1.165) is 22.6 Å². The zero-order chi connectivity index (χ0) is 20.2. The number of benzene rings is 2. The average molecular weight is 408 g/mol. The SMILES string of the molecule is Nc1ncc(C(=O)N2CC[C@]3(C(=O)Nc4ccccc43)[C@@H]2c2ccc(F)cc2)s1. The van der Waals surface area contributed by atoms with Gasteiger partial charge in [0.25, 0.3) is 5.91 Å². The molecule has 2 amide bonds. The van der Waals surface area contributed by atoms with Gasteiger partial charge in [0.15, 0.2) is 5.13 Å². The summed E-state index contributed by atoms with van der Waals surface area (Å²) in [5, 5.41) is 3.27. The first kappa shape index (κ1) is 17.8. The third-order valence-corrected chi connectivity index (χ3v) is 6.58. The molecule has 2 aliphatic heterocycles. The average Bonchev–Trinajstić information content (AvgIpc) is 3.40. The zero-order valence-electron chi connectivity index (χ0n) is 15.3. The lowest BCUT2D eigenvalue weighted by Crippen LogP contribution is -2.42. The number of fused-ring (bicyclic) bond motifs is 2. The number of nitrogens with one attached hydrogen (secondary N) is 1. The normalized spacial score (nSPS) is 22.7. The molecule has 2 aromatic carbocycles. The Balaban J connectivity index is 1.67. The quantitative estimate of drug-likeness (QED) is 0.681. The van der Waals surface area contributed by atoms with Gasteiger partial charge in [-0.25, -0.2) is 9.37 Å². The highest BCUT2D eigenvalue weighted by molar-refractivity contribution is 7.17. The molecule has 6 nitrogen and oxygen atoms in total. The summed E-state index contributed by atoms with van der Waals surface area (Å²) in [6.45, 7) is 0.389. The van der Waals surface area contributed by atoms with Gasteiger partial charge in [-0.3, -0.25) is 9.59 Å². The van der Waals surface area contributed by atoms with Crippen LogP contribution in [0.25, 0.3) is 0 Å². The monoisotopic (exact) mass is 408 g/mol. The van der Waals surface area contributed by atoms with Gasteiger partial charge in [-0.15, -0.1) is 0 Å². The summed E-state index contributed by atoms with van der Waals surface area (Å²) in [6, 6.07) is 13.0. The van der Waals surface area contributed by atoms with Crippen LogP contribution in [0.4, 0.5) is 15.2 Å². The van der Waals surface area contributed by atoms with Crippen LogP contribution in [0, 0.1) is 5.82 Å². The summed E-state index contributed by atoms with van der Waals surface area (Å²) in [7, 11) is 0. The number of thiazole rings is 1. The Labute approximate surface area is 170 Å². The number of aromatic nitrogens is 1. The van der Waals surface area contributed by atoms with Crippen LogP contribution >= 0.6 is 11.3 Å². The lowest BCUT2D eigenvalue weighted by Gasteiger charge is -2.34. The number of nitrogens with two attached hydrogens (primary N) is 1. The molecule has 0 aliphatic carbocycles. The molecule has 0 bridgehead atoms. The minimum Gasteiger partial charge on any atom is -0.375 e. The van der Waals surface area contributed by atoms with Crippen LogP contribution in [0.15, 0.2) is 54.7 Å². The maximum Gasteiger partial charge on any atom is 0.266 e. The number of likely N-dealkylation sites (tertiary alicyclic amines) is 1. The molecule has 5 rings (SSSR count). The summed E-state index contributed by atoms with van der Waals surface area (Å²) in [6.07, 6.45) is 1.93. The van der Waals surface area contributed by atoms with Crippen LogP contribution < -0.4 is 11.1 Å². The molecule has 8 heteroatoms. The lowest BCUT2D eigenvalue weighted by molar-refractivity contribution is -0.121. The summed E-state index contributed by atoms with van der Waals surface area (Å²) in [5.74, 6) is -0.750. The number of halogens is 1. The number of anilines is 2. The van der Waals surface area contributed by atoms with Crippen LogP contribution in [0.3, 0.4) is 0 Å². The molecule has 0 radical (unpaired) electrons. The van der Waals surface area contributed by atoms with Gasteiger partial charge in [0.1, 0.15) is 16.1 Å². The van der Waals surface area contributed by atoms with Crippen molar-refractivity contribution in [1.82, 2.24) is 9.88 Å². The van der Waals surface area contributed by atoms with Gasteiger partial charge in [-0.2, -0.15) is 0 Å². The third kappa shape index (κ3) is 2.56. The van der Waals surface area contributed by atoms with Crippen LogP contribution in [0.2, 0.25) is 0 Å². The number of amides is 2. The van der Waals surface area contributed by atoms with Crippen molar-refractivity contribution < 1.29 is 14.0 Å². The zero-order valence-corrected chi connectivity index (χ0v) is 16.1. The molecule has 1 saturated heterocycles. The first-order valence-corrected chi connectivity index (χ1v) is 10.0. The van der Waals surface area contributed by atoms with Crippen molar-refractivity contribution in [3.8, 4) is 0 Å². The molecule has 2 aliphatic rings. The van der Waals surface area contributed by atoms with Gasteiger partial charge in [0.05, 0.1) is 12.2 Å². The van der Waals surface area contributed by atoms with Gasteiger partial charge in [-0.05, 0) is 35.7 Å².